The molecule has 8 heteroatoms. The van der Waals surface area contributed by atoms with Crippen LogP contribution in [0.25, 0.3) is 0 Å². The van der Waals surface area contributed by atoms with Gasteiger partial charge in [0.05, 0.1) is 5.69 Å². The average Bonchev–Trinajstić information content (AvgIpc) is 2.68. The van der Waals surface area contributed by atoms with Gasteiger partial charge in [0.1, 0.15) is 0 Å². The lowest BCUT2D eigenvalue weighted by atomic mass is 10.3. The highest BCUT2D eigenvalue weighted by atomic mass is 32.2. The molecule has 0 aromatic carbocycles. The maximum atomic E-state index is 13.4. The van der Waals surface area contributed by atoms with E-state index in [1.165, 1.54) is 23.6 Å². The van der Waals surface area contributed by atoms with Gasteiger partial charge in [-0.25, -0.2) is 14.4 Å². The first-order valence-electron chi connectivity index (χ1n) is 5.53. The van der Waals surface area contributed by atoms with Crippen LogP contribution in [-0.2, 0) is 16.4 Å². The third kappa shape index (κ3) is 2.90. The quantitative estimate of drug-likeness (QED) is 0.941. The molecule has 5 nitrogen and oxygen atoms in total. The van der Waals surface area contributed by atoms with Gasteiger partial charge in [0.2, 0.25) is 5.03 Å². The van der Waals surface area contributed by atoms with Gasteiger partial charge in [-0.1, -0.05) is 6.92 Å². The van der Waals surface area contributed by atoms with Crippen molar-refractivity contribution < 1.29 is 12.8 Å². The minimum atomic E-state index is -4.04. The zero-order valence-corrected chi connectivity index (χ0v) is 12.0. The Morgan fingerprint density at radius 1 is 1.47 bits per heavy atom. The monoisotopic (exact) mass is 301 g/mol. The summed E-state index contributed by atoms with van der Waals surface area (Å²) in [5, 5.41) is -0.402. The highest BCUT2D eigenvalue weighted by Crippen LogP contribution is 2.25. The van der Waals surface area contributed by atoms with Crippen molar-refractivity contribution in [3.63, 3.8) is 0 Å². The second kappa shape index (κ2) is 5.22. The van der Waals surface area contributed by atoms with Crippen molar-refractivity contribution in [2.45, 2.75) is 25.3 Å². The van der Waals surface area contributed by atoms with Crippen molar-refractivity contribution in [3.05, 3.63) is 34.7 Å². The van der Waals surface area contributed by atoms with Crippen molar-refractivity contribution in [1.29, 1.82) is 0 Å². The van der Waals surface area contributed by atoms with Crippen LogP contribution >= 0.6 is 11.3 Å². The topological polar surface area (TPSA) is 72.0 Å². The van der Waals surface area contributed by atoms with E-state index in [4.69, 9.17) is 0 Å². The highest BCUT2D eigenvalue weighted by Gasteiger charge is 2.22. The lowest BCUT2D eigenvalue weighted by Gasteiger charge is -2.04. The number of aryl methyl sites for hydroxylation is 2. The third-order valence-corrected chi connectivity index (χ3v) is 4.76. The fraction of sp³-hybridized carbons (Fsp3) is 0.273. The summed E-state index contributed by atoms with van der Waals surface area (Å²) in [5.41, 5.74) is 0.823. The van der Waals surface area contributed by atoms with Gasteiger partial charge >= 0.3 is 0 Å². The molecule has 2 heterocycles. The molecular weight excluding hydrogens is 289 g/mol. The molecule has 0 aliphatic heterocycles. The number of halogens is 1. The van der Waals surface area contributed by atoms with E-state index in [9.17, 15) is 12.8 Å². The molecule has 2 aromatic heterocycles. The van der Waals surface area contributed by atoms with Crippen LogP contribution in [0, 0.1) is 12.7 Å². The first-order valence-corrected chi connectivity index (χ1v) is 7.83. The lowest BCUT2D eigenvalue weighted by molar-refractivity contribution is 0.557. The lowest BCUT2D eigenvalue weighted by Crippen LogP contribution is -2.16. The summed E-state index contributed by atoms with van der Waals surface area (Å²) in [6.45, 7) is 3.79. The first-order chi connectivity index (χ1) is 8.94. The van der Waals surface area contributed by atoms with Gasteiger partial charge < -0.3 is 0 Å². The van der Waals surface area contributed by atoms with Gasteiger partial charge in [-0.2, -0.15) is 8.42 Å². The van der Waals surface area contributed by atoms with Crippen LogP contribution < -0.4 is 4.72 Å². The molecule has 19 heavy (non-hydrogen) atoms. The van der Waals surface area contributed by atoms with Crippen molar-refractivity contribution in [2.75, 3.05) is 4.72 Å². The van der Waals surface area contributed by atoms with E-state index in [0.717, 1.165) is 16.6 Å². The molecular formula is C11H12FN3O2S2. The summed E-state index contributed by atoms with van der Waals surface area (Å²) < 4.78 is 39.7. The van der Waals surface area contributed by atoms with Crippen LogP contribution in [0.15, 0.2) is 23.4 Å². The molecule has 102 valence electrons. The smallest absolute Gasteiger partial charge is 0.253 e. The number of nitrogens with zero attached hydrogens (tertiary/aromatic N) is 2. The molecule has 0 fully saturated rings. The summed E-state index contributed by atoms with van der Waals surface area (Å²) in [6.07, 6.45) is 1.93. The third-order valence-electron chi connectivity index (χ3n) is 2.43. The van der Waals surface area contributed by atoms with Crippen LogP contribution in [0.5, 0.6) is 0 Å². The highest BCUT2D eigenvalue weighted by molar-refractivity contribution is 7.92. The Morgan fingerprint density at radius 3 is 2.79 bits per heavy atom. The Balaban J connectivity index is 2.34. The summed E-state index contributed by atoms with van der Waals surface area (Å²) in [4.78, 5) is 8.63. The Bertz CT molecular complexity index is 698. The van der Waals surface area contributed by atoms with Crippen molar-refractivity contribution in [3.8, 4) is 0 Å². The average molecular weight is 301 g/mol. The van der Waals surface area contributed by atoms with Gasteiger partial charge in [0.25, 0.3) is 10.0 Å². The molecule has 0 aliphatic carbocycles. The van der Waals surface area contributed by atoms with Crippen molar-refractivity contribution >= 4 is 26.5 Å². The van der Waals surface area contributed by atoms with E-state index in [0.29, 0.717) is 6.42 Å². The summed E-state index contributed by atoms with van der Waals surface area (Å²) in [5.74, 6) is -0.890. The van der Waals surface area contributed by atoms with Crippen LogP contribution in [0.4, 0.5) is 9.52 Å². The minimum absolute atomic E-state index is 0.222. The van der Waals surface area contributed by atoms with Gasteiger partial charge in [0.15, 0.2) is 10.9 Å². The molecule has 0 unspecified atom stereocenters. The number of pyridine rings is 1. The number of aromatic nitrogens is 2. The second-order valence-electron chi connectivity index (χ2n) is 3.77. The summed E-state index contributed by atoms with van der Waals surface area (Å²) in [6, 6.07) is 2.38. The number of nitrogens with one attached hydrogen (secondary N) is 1. The number of sulfonamides is 1. The molecule has 0 amide bonds. The first kappa shape index (κ1) is 13.9. The van der Waals surface area contributed by atoms with Crippen LogP contribution in [0.3, 0.4) is 0 Å². The van der Waals surface area contributed by atoms with Crippen LogP contribution in [-0.4, -0.2) is 18.4 Å². The van der Waals surface area contributed by atoms with Gasteiger partial charge in [-0.05, 0) is 25.5 Å². The Labute approximate surface area is 114 Å². The van der Waals surface area contributed by atoms with Crippen molar-refractivity contribution in [2.24, 2.45) is 0 Å². The zero-order valence-electron chi connectivity index (χ0n) is 10.3. The van der Waals surface area contributed by atoms with E-state index in [1.807, 2.05) is 13.8 Å². The Morgan fingerprint density at radius 2 is 2.21 bits per heavy atom. The summed E-state index contributed by atoms with van der Waals surface area (Å²) in [7, 11) is -4.04. The minimum Gasteiger partial charge on any atom is -0.253 e. The number of anilines is 1. The molecule has 0 radical (unpaired) electrons. The van der Waals surface area contributed by atoms with E-state index in [1.54, 1.807) is 0 Å². The van der Waals surface area contributed by atoms with Gasteiger partial charge in [-0.3, -0.25) is 4.72 Å². The SMILES string of the molecule is CCc1nc(NS(=O)(=O)c2ncccc2F)sc1C. The maximum Gasteiger partial charge on any atom is 0.284 e. The van der Waals surface area contributed by atoms with E-state index < -0.39 is 20.9 Å². The molecule has 0 bridgehead atoms. The molecule has 2 rings (SSSR count). The normalized spacial score (nSPS) is 11.5. The molecule has 0 atom stereocenters. The predicted octanol–water partition coefficient (Wildman–Crippen LogP) is 2.35. The summed E-state index contributed by atoms with van der Waals surface area (Å²) >= 11 is 1.21. The molecule has 0 saturated carbocycles. The Hall–Kier alpha value is -1.54. The molecule has 0 spiro atoms. The molecule has 1 N–H and O–H groups in total. The number of hydrogen-bond acceptors (Lipinski definition) is 5. The van der Waals surface area contributed by atoms with E-state index in [2.05, 4.69) is 14.7 Å². The maximum absolute atomic E-state index is 13.4. The van der Waals surface area contributed by atoms with Crippen molar-refractivity contribution in [1.82, 2.24) is 9.97 Å². The zero-order chi connectivity index (χ0) is 14.0. The van der Waals surface area contributed by atoms with Gasteiger partial charge in [-0.15, -0.1) is 11.3 Å². The fourth-order valence-corrected chi connectivity index (χ4v) is 3.68. The number of rotatable bonds is 4. The predicted molar refractivity (Wildman–Crippen MR) is 71.2 cm³/mol. The van der Waals surface area contributed by atoms with Crippen LogP contribution in [0.1, 0.15) is 17.5 Å². The standard InChI is InChI=1S/C11H12FN3O2S2/c1-3-9-7(2)18-11(14-9)15-19(16,17)10-8(12)5-4-6-13-10/h4-6H,3H2,1-2H3,(H,14,15). The molecule has 2 aromatic rings. The second-order valence-corrected chi connectivity index (χ2v) is 6.57. The number of hydrogen-bond donors (Lipinski definition) is 1. The largest absolute Gasteiger partial charge is 0.284 e. The fourth-order valence-electron chi connectivity index (χ4n) is 1.53. The van der Waals surface area contributed by atoms with Crippen LogP contribution in [0.2, 0.25) is 0 Å². The van der Waals surface area contributed by atoms with E-state index in [-0.39, 0.29) is 5.13 Å². The number of thiazole rings is 1. The molecule has 0 saturated heterocycles. The molecule has 0 aliphatic rings. The van der Waals surface area contributed by atoms with Gasteiger partial charge in [0, 0.05) is 11.1 Å². The van der Waals surface area contributed by atoms with E-state index >= 15 is 0 Å². The Kier molecular flexibility index (Phi) is 3.81.